The first-order valence-electron chi connectivity index (χ1n) is 5.47. The van der Waals surface area contributed by atoms with Crippen LogP contribution in [0.15, 0.2) is 18.2 Å². The third-order valence-corrected chi connectivity index (χ3v) is 3.15. The molecule has 6 heteroatoms. The van der Waals surface area contributed by atoms with Gasteiger partial charge in [-0.25, -0.2) is 0 Å². The lowest BCUT2D eigenvalue weighted by Crippen LogP contribution is -2.23. The number of hydrogen-bond acceptors (Lipinski definition) is 3. The van der Waals surface area contributed by atoms with Crippen LogP contribution in [-0.4, -0.2) is 30.5 Å². The Morgan fingerprint density at radius 3 is 2.56 bits per heavy atom. The summed E-state index contributed by atoms with van der Waals surface area (Å²) in [6.45, 7) is 1.03. The molecule has 18 heavy (non-hydrogen) atoms. The molecule has 0 bridgehead atoms. The van der Waals surface area contributed by atoms with Gasteiger partial charge >= 0.3 is 6.18 Å². The largest absolute Gasteiger partial charge is 0.416 e. The van der Waals surface area contributed by atoms with Crippen molar-refractivity contribution in [3.63, 3.8) is 0 Å². The van der Waals surface area contributed by atoms with Crippen LogP contribution in [0.5, 0.6) is 0 Å². The molecule has 0 saturated heterocycles. The molecule has 1 aromatic rings. The number of thioether (sulfide) groups is 1. The first-order valence-corrected chi connectivity index (χ1v) is 6.87. The van der Waals surface area contributed by atoms with Crippen LogP contribution in [0, 0.1) is 0 Å². The van der Waals surface area contributed by atoms with Crippen molar-refractivity contribution in [1.29, 1.82) is 0 Å². The molecule has 0 atom stereocenters. The van der Waals surface area contributed by atoms with Crippen molar-refractivity contribution in [1.82, 2.24) is 4.90 Å². The van der Waals surface area contributed by atoms with Crippen LogP contribution < -0.4 is 5.73 Å². The molecule has 0 radical (unpaired) electrons. The quantitative estimate of drug-likeness (QED) is 0.839. The van der Waals surface area contributed by atoms with E-state index < -0.39 is 11.7 Å². The van der Waals surface area contributed by atoms with E-state index in [1.165, 1.54) is 12.1 Å². The Kier molecular flexibility index (Phi) is 5.34. The summed E-state index contributed by atoms with van der Waals surface area (Å²) in [6, 6.07) is 3.96. The van der Waals surface area contributed by atoms with E-state index in [1.54, 1.807) is 11.8 Å². The maximum Gasteiger partial charge on any atom is 0.416 e. The van der Waals surface area contributed by atoms with Crippen LogP contribution in [-0.2, 0) is 12.7 Å². The Bertz CT molecular complexity index is 393. The van der Waals surface area contributed by atoms with E-state index in [0.29, 0.717) is 0 Å². The standard InChI is InChI=1S/C12H17F3N2S/c1-17(5-6-18-2)8-9-3-4-10(16)7-11(9)12(13,14)15/h3-4,7H,5-6,8,16H2,1-2H3. The average Bonchev–Trinajstić information content (AvgIpc) is 2.27. The lowest BCUT2D eigenvalue weighted by Gasteiger charge is -2.19. The van der Waals surface area contributed by atoms with Gasteiger partial charge in [-0.05, 0) is 31.0 Å². The highest BCUT2D eigenvalue weighted by Crippen LogP contribution is 2.33. The SMILES string of the molecule is CSCCN(C)Cc1ccc(N)cc1C(F)(F)F. The van der Waals surface area contributed by atoms with Crippen molar-refractivity contribution in [2.45, 2.75) is 12.7 Å². The lowest BCUT2D eigenvalue weighted by atomic mass is 10.1. The highest BCUT2D eigenvalue weighted by molar-refractivity contribution is 7.98. The van der Waals surface area contributed by atoms with E-state index in [1.807, 2.05) is 18.2 Å². The van der Waals surface area contributed by atoms with Crippen molar-refractivity contribution < 1.29 is 13.2 Å². The van der Waals surface area contributed by atoms with Gasteiger partial charge in [-0.1, -0.05) is 6.07 Å². The molecule has 1 aromatic carbocycles. The predicted molar refractivity (Wildman–Crippen MR) is 70.6 cm³/mol. The number of alkyl halides is 3. The molecular formula is C12H17F3N2S. The Hall–Kier alpha value is -0.880. The van der Waals surface area contributed by atoms with Gasteiger partial charge in [0, 0.05) is 24.5 Å². The molecule has 1 rings (SSSR count). The summed E-state index contributed by atoms with van der Waals surface area (Å²) in [7, 11) is 1.81. The molecule has 0 aliphatic heterocycles. The van der Waals surface area contributed by atoms with E-state index in [9.17, 15) is 13.2 Å². The monoisotopic (exact) mass is 278 g/mol. The summed E-state index contributed by atoms with van der Waals surface area (Å²) in [5.41, 5.74) is 5.18. The zero-order chi connectivity index (χ0) is 13.8. The fourth-order valence-corrected chi connectivity index (χ4v) is 2.11. The molecule has 0 spiro atoms. The number of anilines is 1. The van der Waals surface area contributed by atoms with Crippen molar-refractivity contribution in [3.05, 3.63) is 29.3 Å². The normalized spacial score (nSPS) is 12.1. The Labute approximate surface area is 109 Å². The van der Waals surface area contributed by atoms with Gasteiger partial charge in [0.05, 0.1) is 5.56 Å². The molecule has 0 fully saturated rings. The summed E-state index contributed by atoms with van der Waals surface area (Å²) in [5.74, 6) is 0.896. The molecule has 0 aliphatic carbocycles. The number of hydrogen-bond donors (Lipinski definition) is 1. The van der Waals surface area contributed by atoms with Gasteiger partial charge in [-0.2, -0.15) is 24.9 Å². The molecule has 0 heterocycles. The molecule has 0 aromatic heterocycles. The van der Waals surface area contributed by atoms with Gasteiger partial charge in [-0.3, -0.25) is 0 Å². The summed E-state index contributed by atoms with van der Waals surface area (Å²) in [4.78, 5) is 1.87. The maximum absolute atomic E-state index is 12.9. The number of nitrogens with two attached hydrogens (primary N) is 1. The van der Waals surface area contributed by atoms with Crippen molar-refractivity contribution in [2.24, 2.45) is 0 Å². The van der Waals surface area contributed by atoms with Crippen LogP contribution in [0.25, 0.3) is 0 Å². The molecule has 102 valence electrons. The summed E-state index contributed by atoms with van der Waals surface area (Å²) >= 11 is 1.67. The Morgan fingerprint density at radius 1 is 1.33 bits per heavy atom. The second-order valence-corrected chi connectivity index (χ2v) is 5.13. The molecule has 2 N–H and O–H groups in total. The van der Waals surface area contributed by atoms with Crippen molar-refractivity contribution in [2.75, 3.05) is 31.3 Å². The van der Waals surface area contributed by atoms with Crippen LogP contribution in [0.2, 0.25) is 0 Å². The first kappa shape index (κ1) is 15.2. The fraction of sp³-hybridized carbons (Fsp3) is 0.500. The van der Waals surface area contributed by atoms with Crippen LogP contribution in [0.3, 0.4) is 0 Å². The van der Waals surface area contributed by atoms with Crippen molar-refractivity contribution >= 4 is 17.4 Å². The van der Waals surface area contributed by atoms with E-state index in [4.69, 9.17) is 5.73 Å². The van der Waals surface area contributed by atoms with E-state index in [0.717, 1.165) is 18.4 Å². The van der Waals surface area contributed by atoms with E-state index in [-0.39, 0.29) is 17.8 Å². The molecule has 0 aliphatic rings. The van der Waals surface area contributed by atoms with E-state index in [2.05, 4.69) is 0 Å². The van der Waals surface area contributed by atoms with Crippen molar-refractivity contribution in [3.8, 4) is 0 Å². The minimum Gasteiger partial charge on any atom is -0.399 e. The third-order valence-electron chi connectivity index (χ3n) is 2.56. The minimum absolute atomic E-state index is 0.137. The lowest BCUT2D eigenvalue weighted by molar-refractivity contribution is -0.138. The second kappa shape index (κ2) is 6.33. The highest BCUT2D eigenvalue weighted by atomic mass is 32.2. The van der Waals surface area contributed by atoms with Gasteiger partial charge < -0.3 is 10.6 Å². The zero-order valence-corrected chi connectivity index (χ0v) is 11.2. The van der Waals surface area contributed by atoms with Gasteiger partial charge in [0.15, 0.2) is 0 Å². The van der Waals surface area contributed by atoms with Gasteiger partial charge in [0.25, 0.3) is 0 Å². The number of halogens is 3. The molecule has 0 amide bonds. The predicted octanol–water partition coefficient (Wildman–Crippen LogP) is 3.08. The molecule has 0 saturated carbocycles. The fourth-order valence-electron chi connectivity index (χ4n) is 1.61. The smallest absolute Gasteiger partial charge is 0.399 e. The Balaban J connectivity index is 2.88. The second-order valence-electron chi connectivity index (χ2n) is 4.14. The molecular weight excluding hydrogens is 261 g/mol. The number of rotatable bonds is 5. The third kappa shape index (κ3) is 4.42. The van der Waals surface area contributed by atoms with Gasteiger partial charge in [-0.15, -0.1) is 0 Å². The van der Waals surface area contributed by atoms with Crippen LogP contribution in [0.1, 0.15) is 11.1 Å². The topological polar surface area (TPSA) is 29.3 Å². The number of nitrogen functional groups attached to an aromatic ring is 1. The summed E-state index contributed by atoms with van der Waals surface area (Å²) in [5, 5.41) is 0. The number of nitrogens with zero attached hydrogens (tertiary/aromatic N) is 1. The maximum atomic E-state index is 12.9. The minimum atomic E-state index is -4.36. The van der Waals surface area contributed by atoms with Gasteiger partial charge in [0.1, 0.15) is 0 Å². The van der Waals surface area contributed by atoms with E-state index >= 15 is 0 Å². The molecule has 0 unspecified atom stereocenters. The average molecular weight is 278 g/mol. The summed E-state index contributed by atoms with van der Waals surface area (Å²) < 4.78 is 38.6. The van der Waals surface area contributed by atoms with Gasteiger partial charge in [0.2, 0.25) is 0 Å². The number of benzene rings is 1. The Morgan fingerprint density at radius 2 is 2.00 bits per heavy atom. The molecule has 2 nitrogen and oxygen atoms in total. The van der Waals surface area contributed by atoms with Crippen LogP contribution >= 0.6 is 11.8 Å². The highest BCUT2D eigenvalue weighted by Gasteiger charge is 2.33. The van der Waals surface area contributed by atoms with Crippen LogP contribution in [0.4, 0.5) is 18.9 Å². The summed E-state index contributed by atoms with van der Waals surface area (Å²) in [6.07, 6.45) is -2.39. The zero-order valence-electron chi connectivity index (χ0n) is 10.4. The first-order chi connectivity index (χ1) is 8.34.